The van der Waals surface area contributed by atoms with E-state index in [2.05, 4.69) is 15.9 Å². The summed E-state index contributed by atoms with van der Waals surface area (Å²) in [6.07, 6.45) is 0. The Morgan fingerprint density at radius 2 is 2.00 bits per heavy atom. The van der Waals surface area contributed by atoms with Gasteiger partial charge in [-0.1, -0.05) is 29.8 Å². The predicted molar refractivity (Wildman–Crippen MR) is 84.1 cm³/mol. The quantitative estimate of drug-likeness (QED) is 0.645. The first-order valence-corrected chi connectivity index (χ1v) is 7.58. The van der Waals surface area contributed by atoms with Crippen molar-refractivity contribution in [2.45, 2.75) is 19.2 Å². The SMILES string of the molecule is CCOc1ccc(C)cc1C(Cl)c1cccc(Br)c1F. The molecule has 2 aromatic carbocycles. The van der Waals surface area contributed by atoms with E-state index in [-0.39, 0.29) is 5.82 Å². The van der Waals surface area contributed by atoms with Crippen molar-refractivity contribution in [3.8, 4) is 5.75 Å². The van der Waals surface area contributed by atoms with Crippen molar-refractivity contribution < 1.29 is 9.13 Å². The summed E-state index contributed by atoms with van der Waals surface area (Å²) in [6.45, 7) is 4.42. The number of aryl methyl sites for hydroxylation is 1. The molecule has 0 N–H and O–H groups in total. The summed E-state index contributed by atoms with van der Waals surface area (Å²) in [4.78, 5) is 0. The molecule has 0 radical (unpaired) electrons. The summed E-state index contributed by atoms with van der Waals surface area (Å²) in [5.41, 5.74) is 2.28. The summed E-state index contributed by atoms with van der Waals surface area (Å²) in [6, 6.07) is 10.9. The molecule has 0 aliphatic heterocycles. The first kappa shape index (κ1) is 15.3. The minimum Gasteiger partial charge on any atom is -0.494 e. The molecule has 0 fully saturated rings. The third-order valence-electron chi connectivity index (χ3n) is 2.99. The Morgan fingerprint density at radius 3 is 2.70 bits per heavy atom. The maximum absolute atomic E-state index is 14.2. The number of hydrogen-bond acceptors (Lipinski definition) is 1. The molecule has 0 amide bonds. The Labute approximate surface area is 131 Å². The van der Waals surface area contributed by atoms with Crippen molar-refractivity contribution in [2.24, 2.45) is 0 Å². The fourth-order valence-corrected chi connectivity index (χ4v) is 2.76. The Kier molecular flexibility index (Phi) is 5.06. The predicted octanol–water partition coefficient (Wildman–Crippen LogP) is 5.62. The van der Waals surface area contributed by atoms with Crippen molar-refractivity contribution in [2.75, 3.05) is 6.61 Å². The van der Waals surface area contributed by atoms with Crippen LogP contribution >= 0.6 is 27.5 Å². The molecular formula is C16H15BrClFO. The third-order valence-corrected chi connectivity index (χ3v) is 4.08. The van der Waals surface area contributed by atoms with Crippen LogP contribution in [0.5, 0.6) is 5.75 Å². The molecule has 0 aliphatic rings. The lowest BCUT2D eigenvalue weighted by atomic mass is 10.0. The van der Waals surface area contributed by atoms with Gasteiger partial charge in [0.2, 0.25) is 0 Å². The van der Waals surface area contributed by atoms with Gasteiger partial charge in [0.25, 0.3) is 0 Å². The maximum Gasteiger partial charge on any atom is 0.142 e. The zero-order valence-electron chi connectivity index (χ0n) is 11.3. The van der Waals surface area contributed by atoms with Crippen LogP contribution in [0.25, 0.3) is 0 Å². The Morgan fingerprint density at radius 1 is 1.25 bits per heavy atom. The van der Waals surface area contributed by atoms with Crippen LogP contribution in [0.15, 0.2) is 40.9 Å². The van der Waals surface area contributed by atoms with Gasteiger partial charge in [0.15, 0.2) is 0 Å². The molecular weight excluding hydrogens is 343 g/mol. The van der Waals surface area contributed by atoms with E-state index in [1.165, 1.54) is 0 Å². The van der Waals surface area contributed by atoms with Gasteiger partial charge in [-0.2, -0.15) is 0 Å². The second-order valence-corrected chi connectivity index (χ2v) is 5.77. The van der Waals surface area contributed by atoms with Gasteiger partial charge in [0.1, 0.15) is 11.6 Å². The number of benzene rings is 2. The zero-order chi connectivity index (χ0) is 14.7. The van der Waals surface area contributed by atoms with Gasteiger partial charge in [-0.15, -0.1) is 11.6 Å². The smallest absolute Gasteiger partial charge is 0.142 e. The minimum absolute atomic E-state index is 0.337. The normalized spacial score (nSPS) is 12.2. The van der Waals surface area contributed by atoms with Crippen molar-refractivity contribution in [1.82, 2.24) is 0 Å². The Balaban J connectivity index is 2.49. The fourth-order valence-electron chi connectivity index (χ4n) is 2.04. The van der Waals surface area contributed by atoms with Crippen LogP contribution in [0.4, 0.5) is 4.39 Å². The number of rotatable bonds is 4. The highest BCUT2D eigenvalue weighted by molar-refractivity contribution is 9.10. The molecule has 1 atom stereocenters. The van der Waals surface area contributed by atoms with Crippen molar-refractivity contribution in [3.05, 3.63) is 63.4 Å². The largest absolute Gasteiger partial charge is 0.494 e. The molecule has 1 nitrogen and oxygen atoms in total. The second-order valence-electron chi connectivity index (χ2n) is 4.48. The average molecular weight is 358 g/mol. The Bertz CT molecular complexity index is 615. The van der Waals surface area contributed by atoms with Crippen LogP contribution in [0.3, 0.4) is 0 Å². The van der Waals surface area contributed by atoms with E-state index in [9.17, 15) is 4.39 Å². The molecule has 0 aliphatic carbocycles. The minimum atomic E-state index is -0.589. The summed E-state index contributed by atoms with van der Waals surface area (Å²) < 4.78 is 20.2. The average Bonchev–Trinajstić information content (AvgIpc) is 2.43. The topological polar surface area (TPSA) is 9.23 Å². The molecule has 0 spiro atoms. The van der Waals surface area contributed by atoms with Crippen LogP contribution in [-0.4, -0.2) is 6.61 Å². The lowest BCUT2D eigenvalue weighted by molar-refractivity contribution is 0.336. The molecule has 0 aromatic heterocycles. The number of alkyl halides is 1. The molecule has 106 valence electrons. The van der Waals surface area contributed by atoms with Crippen molar-refractivity contribution >= 4 is 27.5 Å². The van der Waals surface area contributed by atoms with Crippen molar-refractivity contribution in [1.29, 1.82) is 0 Å². The molecule has 0 bridgehead atoms. The molecule has 20 heavy (non-hydrogen) atoms. The van der Waals surface area contributed by atoms with E-state index in [0.717, 1.165) is 11.1 Å². The molecule has 1 unspecified atom stereocenters. The van der Waals surface area contributed by atoms with Gasteiger partial charge in [-0.3, -0.25) is 0 Å². The number of halogens is 3. The lowest BCUT2D eigenvalue weighted by Gasteiger charge is -2.17. The molecule has 4 heteroatoms. The summed E-state index contributed by atoms with van der Waals surface area (Å²) in [7, 11) is 0. The fraction of sp³-hybridized carbons (Fsp3) is 0.250. The third kappa shape index (κ3) is 3.15. The van der Waals surface area contributed by atoms with Crippen LogP contribution < -0.4 is 4.74 Å². The van der Waals surface area contributed by atoms with Crippen molar-refractivity contribution in [3.63, 3.8) is 0 Å². The molecule has 0 saturated carbocycles. The zero-order valence-corrected chi connectivity index (χ0v) is 13.6. The summed E-state index contributed by atoms with van der Waals surface area (Å²) in [5, 5.41) is -0.589. The molecule has 2 aromatic rings. The summed E-state index contributed by atoms with van der Waals surface area (Å²) >= 11 is 9.67. The van der Waals surface area contributed by atoms with Gasteiger partial charge in [-0.25, -0.2) is 4.39 Å². The standard InChI is InChI=1S/C16H15BrClFO/c1-3-20-14-8-7-10(2)9-12(14)15(18)11-5-4-6-13(17)16(11)19/h4-9,15H,3H2,1-2H3. The van der Waals surface area contributed by atoms with Crippen LogP contribution in [-0.2, 0) is 0 Å². The van der Waals surface area contributed by atoms with Crippen LogP contribution in [0, 0.1) is 12.7 Å². The number of ether oxygens (including phenoxy) is 1. The highest BCUT2D eigenvalue weighted by atomic mass is 79.9. The molecule has 0 heterocycles. The van der Waals surface area contributed by atoms with Gasteiger partial charge in [0.05, 0.1) is 16.5 Å². The number of hydrogen-bond donors (Lipinski definition) is 0. The highest BCUT2D eigenvalue weighted by Gasteiger charge is 2.20. The van der Waals surface area contributed by atoms with E-state index < -0.39 is 5.38 Å². The molecule has 0 saturated heterocycles. The first-order valence-electron chi connectivity index (χ1n) is 6.36. The highest BCUT2D eigenvalue weighted by Crippen LogP contribution is 2.38. The van der Waals surface area contributed by atoms with Gasteiger partial charge in [-0.05, 0) is 41.9 Å². The maximum atomic E-state index is 14.2. The van der Waals surface area contributed by atoms with Crippen LogP contribution in [0.2, 0.25) is 0 Å². The Hall–Kier alpha value is -1.06. The second kappa shape index (κ2) is 6.59. The van der Waals surface area contributed by atoms with E-state index in [1.54, 1.807) is 18.2 Å². The molecule has 2 rings (SSSR count). The van der Waals surface area contributed by atoms with E-state index in [4.69, 9.17) is 16.3 Å². The lowest BCUT2D eigenvalue weighted by Crippen LogP contribution is -2.03. The van der Waals surface area contributed by atoms with Gasteiger partial charge in [0, 0.05) is 11.1 Å². The monoisotopic (exact) mass is 356 g/mol. The summed E-state index contributed by atoms with van der Waals surface area (Å²) in [5.74, 6) is 0.355. The van der Waals surface area contributed by atoms with Crippen LogP contribution in [0.1, 0.15) is 29.0 Å². The van der Waals surface area contributed by atoms with E-state index in [1.807, 2.05) is 32.0 Å². The van der Waals surface area contributed by atoms with Gasteiger partial charge < -0.3 is 4.74 Å². The first-order chi connectivity index (χ1) is 9.54. The van der Waals surface area contributed by atoms with E-state index >= 15 is 0 Å². The van der Waals surface area contributed by atoms with Gasteiger partial charge >= 0.3 is 0 Å². The van der Waals surface area contributed by atoms with E-state index in [0.29, 0.717) is 22.4 Å².